The van der Waals surface area contributed by atoms with Crippen LogP contribution < -0.4 is 10.1 Å². The summed E-state index contributed by atoms with van der Waals surface area (Å²) in [7, 11) is 3.59. The molecule has 1 aromatic carbocycles. The number of fused-ring (bicyclic) bond motifs is 1. The van der Waals surface area contributed by atoms with E-state index in [0.29, 0.717) is 13.1 Å². The van der Waals surface area contributed by atoms with E-state index in [2.05, 4.69) is 33.1 Å². The van der Waals surface area contributed by atoms with Gasteiger partial charge in [0.25, 0.3) is 0 Å². The Morgan fingerprint density at radius 2 is 2.12 bits per heavy atom. The Bertz CT molecular complexity index is 1290. The number of pyridine rings is 1. The molecular formula is C26H30N6O2. The van der Waals surface area contributed by atoms with Crippen LogP contribution in [-0.2, 0) is 13.5 Å². The van der Waals surface area contributed by atoms with Crippen molar-refractivity contribution >= 4 is 11.5 Å². The molecule has 0 spiro atoms. The number of urea groups is 1. The van der Waals surface area contributed by atoms with Crippen molar-refractivity contribution in [3.63, 3.8) is 0 Å². The van der Waals surface area contributed by atoms with E-state index in [0.717, 1.165) is 59.8 Å². The summed E-state index contributed by atoms with van der Waals surface area (Å²) in [6.45, 7) is 2.01. The number of ether oxygens (including phenoxy) is 1. The fourth-order valence-electron chi connectivity index (χ4n) is 4.76. The number of likely N-dealkylation sites (tertiary alicyclic amines) is 1. The molecule has 176 valence electrons. The third kappa shape index (κ3) is 4.35. The highest BCUT2D eigenvalue weighted by molar-refractivity contribution is 5.78. The molecule has 8 nitrogen and oxygen atoms in total. The molecule has 1 N–H and O–H groups in total. The van der Waals surface area contributed by atoms with Crippen LogP contribution in [0.3, 0.4) is 0 Å². The zero-order valence-corrected chi connectivity index (χ0v) is 19.6. The van der Waals surface area contributed by atoms with Gasteiger partial charge < -0.3 is 19.4 Å². The van der Waals surface area contributed by atoms with E-state index in [1.165, 1.54) is 0 Å². The van der Waals surface area contributed by atoms with E-state index in [1.807, 2.05) is 53.0 Å². The Balaban J connectivity index is 1.34. The number of amides is 2. The second kappa shape index (κ2) is 9.59. The molecule has 2 amide bonds. The van der Waals surface area contributed by atoms with Crippen LogP contribution in [0.1, 0.15) is 30.3 Å². The summed E-state index contributed by atoms with van der Waals surface area (Å²) < 4.78 is 9.43. The highest BCUT2D eigenvalue weighted by Crippen LogP contribution is 2.33. The van der Waals surface area contributed by atoms with E-state index in [4.69, 9.17) is 9.72 Å². The maximum atomic E-state index is 12.9. The van der Waals surface area contributed by atoms with Gasteiger partial charge in [0, 0.05) is 62.7 Å². The van der Waals surface area contributed by atoms with Crippen LogP contribution in [0, 0.1) is 0 Å². The lowest BCUT2D eigenvalue weighted by molar-refractivity contribution is 0.178. The van der Waals surface area contributed by atoms with Gasteiger partial charge in [-0.15, -0.1) is 0 Å². The van der Waals surface area contributed by atoms with Crippen molar-refractivity contribution in [3.05, 3.63) is 72.4 Å². The summed E-state index contributed by atoms with van der Waals surface area (Å²) in [4.78, 5) is 19.9. The average molecular weight is 459 g/mol. The maximum absolute atomic E-state index is 12.9. The summed E-state index contributed by atoms with van der Waals surface area (Å²) in [5, 5.41) is 7.26. The van der Waals surface area contributed by atoms with E-state index in [9.17, 15) is 4.79 Å². The first-order valence-corrected chi connectivity index (χ1v) is 11.7. The first kappa shape index (κ1) is 22.0. The maximum Gasteiger partial charge on any atom is 0.317 e. The van der Waals surface area contributed by atoms with Crippen LogP contribution in [0.15, 0.2) is 60.9 Å². The normalized spacial score (nSPS) is 16.1. The molecule has 4 aromatic rings. The predicted octanol–water partition coefficient (Wildman–Crippen LogP) is 3.88. The SMILES string of the molecule is COc1cccc(-c2nc([C@@H]3CCCN(C(=O)NCCc4ccnn4C)C3)n3ccccc23)c1. The minimum atomic E-state index is -0.0132. The number of nitrogens with zero attached hydrogens (tertiary/aromatic N) is 5. The fraction of sp³-hybridized carbons (Fsp3) is 0.346. The summed E-state index contributed by atoms with van der Waals surface area (Å²) in [6.07, 6.45) is 6.56. The van der Waals surface area contributed by atoms with Gasteiger partial charge in [0.2, 0.25) is 0 Å². The topological polar surface area (TPSA) is 76.7 Å². The van der Waals surface area contributed by atoms with E-state index >= 15 is 0 Å². The van der Waals surface area contributed by atoms with Crippen LogP contribution in [0.25, 0.3) is 16.8 Å². The minimum absolute atomic E-state index is 0.0132. The second-order valence-corrected chi connectivity index (χ2v) is 8.72. The second-order valence-electron chi connectivity index (χ2n) is 8.72. The van der Waals surface area contributed by atoms with E-state index in [-0.39, 0.29) is 11.9 Å². The quantitative estimate of drug-likeness (QED) is 0.476. The largest absolute Gasteiger partial charge is 0.497 e. The van der Waals surface area contributed by atoms with Crippen molar-refractivity contribution in [2.75, 3.05) is 26.7 Å². The Labute approximate surface area is 199 Å². The minimum Gasteiger partial charge on any atom is -0.497 e. The number of rotatable bonds is 6. The molecule has 0 bridgehead atoms. The summed E-state index contributed by atoms with van der Waals surface area (Å²) in [5.41, 5.74) is 4.12. The number of hydrogen-bond donors (Lipinski definition) is 1. The molecule has 1 fully saturated rings. The van der Waals surface area contributed by atoms with Gasteiger partial charge in [-0.2, -0.15) is 5.10 Å². The highest BCUT2D eigenvalue weighted by Gasteiger charge is 2.28. The number of carbonyl (C=O) groups excluding carboxylic acids is 1. The van der Waals surface area contributed by atoms with Gasteiger partial charge in [-0.25, -0.2) is 9.78 Å². The summed E-state index contributed by atoms with van der Waals surface area (Å²) >= 11 is 0. The van der Waals surface area contributed by atoms with Gasteiger partial charge in [0.05, 0.1) is 18.3 Å². The van der Waals surface area contributed by atoms with Gasteiger partial charge in [0.15, 0.2) is 0 Å². The molecule has 3 aromatic heterocycles. The molecule has 4 heterocycles. The van der Waals surface area contributed by atoms with Gasteiger partial charge in [-0.05, 0) is 43.2 Å². The molecule has 8 heteroatoms. The Kier molecular flexibility index (Phi) is 6.20. The lowest BCUT2D eigenvalue weighted by Gasteiger charge is -2.32. The lowest BCUT2D eigenvalue weighted by Crippen LogP contribution is -2.45. The number of piperidine rings is 1. The lowest BCUT2D eigenvalue weighted by atomic mass is 9.97. The van der Waals surface area contributed by atoms with Crippen molar-refractivity contribution in [2.45, 2.75) is 25.2 Å². The van der Waals surface area contributed by atoms with Crippen molar-refractivity contribution in [2.24, 2.45) is 7.05 Å². The molecule has 0 radical (unpaired) electrons. The molecule has 0 saturated carbocycles. The number of methoxy groups -OCH3 is 1. The Hall–Kier alpha value is -3.81. The first-order chi connectivity index (χ1) is 16.6. The summed E-state index contributed by atoms with van der Waals surface area (Å²) in [6, 6.07) is 16.1. The number of aryl methyl sites for hydroxylation is 1. The van der Waals surface area contributed by atoms with E-state index in [1.54, 1.807) is 13.3 Å². The van der Waals surface area contributed by atoms with Gasteiger partial charge >= 0.3 is 6.03 Å². The predicted molar refractivity (Wildman–Crippen MR) is 131 cm³/mol. The highest BCUT2D eigenvalue weighted by atomic mass is 16.5. The smallest absolute Gasteiger partial charge is 0.317 e. The molecule has 1 saturated heterocycles. The molecular weight excluding hydrogens is 428 g/mol. The third-order valence-electron chi connectivity index (χ3n) is 6.57. The number of benzene rings is 1. The van der Waals surface area contributed by atoms with Crippen LogP contribution in [-0.4, -0.2) is 56.8 Å². The number of imidazole rings is 1. The molecule has 0 aliphatic carbocycles. The zero-order valence-electron chi connectivity index (χ0n) is 19.6. The summed E-state index contributed by atoms with van der Waals surface area (Å²) in [5.74, 6) is 1.98. The van der Waals surface area contributed by atoms with Crippen molar-refractivity contribution in [1.29, 1.82) is 0 Å². The number of nitrogens with one attached hydrogen (secondary N) is 1. The Morgan fingerprint density at radius 1 is 1.21 bits per heavy atom. The molecule has 1 atom stereocenters. The Morgan fingerprint density at radius 3 is 2.94 bits per heavy atom. The number of hydrogen-bond acceptors (Lipinski definition) is 4. The van der Waals surface area contributed by atoms with E-state index < -0.39 is 0 Å². The molecule has 34 heavy (non-hydrogen) atoms. The van der Waals surface area contributed by atoms with Crippen molar-refractivity contribution in [1.82, 2.24) is 29.4 Å². The van der Waals surface area contributed by atoms with Gasteiger partial charge in [0.1, 0.15) is 11.6 Å². The standard InChI is InChI=1S/C26H30N6O2/c1-30-21(12-14-28-30)11-13-27-26(33)31-15-6-8-20(18-31)25-29-24(23-10-3-4-16-32(23)25)19-7-5-9-22(17-19)34-2/h3-5,7,9-10,12,14,16-17,20H,6,8,11,13,15,18H2,1-2H3,(H,27,33)/t20-/m1/s1. The molecule has 1 aliphatic heterocycles. The zero-order chi connectivity index (χ0) is 23.5. The number of carbonyl (C=O) groups is 1. The van der Waals surface area contributed by atoms with Gasteiger partial charge in [-0.3, -0.25) is 4.68 Å². The molecule has 5 rings (SSSR count). The number of aromatic nitrogens is 4. The van der Waals surface area contributed by atoms with Crippen molar-refractivity contribution in [3.8, 4) is 17.0 Å². The molecule has 1 aliphatic rings. The van der Waals surface area contributed by atoms with Crippen LogP contribution in [0.5, 0.6) is 5.75 Å². The average Bonchev–Trinajstić information content (AvgIpc) is 3.47. The monoisotopic (exact) mass is 458 g/mol. The third-order valence-corrected chi connectivity index (χ3v) is 6.57. The van der Waals surface area contributed by atoms with Crippen LogP contribution >= 0.6 is 0 Å². The van der Waals surface area contributed by atoms with Crippen LogP contribution in [0.4, 0.5) is 4.79 Å². The molecule has 0 unspecified atom stereocenters. The van der Waals surface area contributed by atoms with Crippen molar-refractivity contribution < 1.29 is 9.53 Å². The first-order valence-electron chi connectivity index (χ1n) is 11.7. The fourth-order valence-corrected chi connectivity index (χ4v) is 4.76. The van der Waals surface area contributed by atoms with Gasteiger partial charge in [-0.1, -0.05) is 18.2 Å². The van der Waals surface area contributed by atoms with Crippen LogP contribution in [0.2, 0.25) is 0 Å².